The number of hydrogen-bond donors (Lipinski definition) is 2. The minimum Gasteiger partial charge on any atom is -0.350 e. The summed E-state index contributed by atoms with van der Waals surface area (Å²) in [7, 11) is 0. The van der Waals surface area contributed by atoms with Gasteiger partial charge in [-0.1, -0.05) is 12.1 Å². The molecule has 1 aromatic heterocycles. The van der Waals surface area contributed by atoms with Crippen LogP contribution in [-0.4, -0.2) is 23.0 Å². The highest BCUT2D eigenvalue weighted by Crippen LogP contribution is 2.33. The molecule has 1 aromatic carbocycles. The molecule has 3 N–H and O–H groups in total. The summed E-state index contributed by atoms with van der Waals surface area (Å²) in [5, 5.41) is 4.90. The molecule has 0 spiro atoms. The van der Waals surface area contributed by atoms with Gasteiger partial charge in [-0.25, -0.2) is 4.98 Å². The van der Waals surface area contributed by atoms with Crippen molar-refractivity contribution in [1.29, 1.82) is 0 Å². The van der Waals surface area contributed by atoms with E-state index in [1.807, 2.05) is 0 Å². The second kappa shape index (κ2) is 6.90. The van der Waals surface area contributed by atoms with Crippen LogP contribution in [0.3, 0.4) is 0 Å². The first-order valence-electron chi connectivity index (χ1n) is 7.24. The van der Waals surface area contributed by atoms with E-state index in [-0.39, 0.29) is 12.3 Å². The fraction of sp³-hybridized carbons (Fsp3) is 0.375. The zero-order valence-corrected chi connectivity index (χ0v) is 14.1. The summed E-state index contributed by atoms with van der Waals surface area (Å²) in [5.74, 6) is -0.230. The highest BCUT2D eigenvalue weighted by molar-refractivity contribution is 7.13. The third-order valence-corrected chi connectivity index (χ3v) is 4.26. The number of rotatable bonds is 5. The molecule has 1 heterocycles. The van der Waals surface area contributed by atoms with Gasteiger partial charge in [-0.2, -0.15) is 13.2 Å². The quantitative estimate of drug-likeness (QED) is 0.863. The SMILES string of the molecule is CC(C)(CN)NC(=O)Cc1csc(-c2cccc(C(F)(F)F)c2)n1. The number of carbonyl (C=O) groups is 1. The standard InChI is InChI=1S/C16H18F3N3OS/c1-15(2,9-20)22-13(23)7-12-8-24-14(21-12)10-4-3-5-11(6-10)16(17,18)19/h3-6,8H,7,9,20H2,1-2H3,(H,22,23). The molecule has 2 aromatic rings. The molecule has 4 nitrogen and oxygen atoms in total. The molecule has 0 saturated heterocycles. The van der Waals surface area contributed by atoms with Crippen LogP contribution in [0, 0.1) is 0 Å². The second-order valence-electron chi connectivity index (χ2n) is 6.04. The zero-order chi connectivity index (χ0) is 18.0. The minimum atomic E-state index is -4.40. The maximum Gasteiger partial charge on any atom is 0.416 e. The lowest BCUT2D eigenvalue weighted by atomic mass is 10.1. The van der Waals surface area contributed by atoms with Crippen LogP contribution in [0.1, 0.15) is 25.1 Å². The Kier molecular flexibility index (Phi) is 5.29. The molecule has 24 heavy (non-hydrogen) atoms. The number of nitrogens with two attached hydrogens (primary N) is 1. The maximum absolute atomic E-state index is 12.8. The van der Waals surface area contributed by atoms with E-state index in [1.54, 1.807) is 25.3 Å². The Balaban J connectivity index is 2.13. The Morgan fingerprint density at radius 2 is 2.04 bits per heavy atom. The molecule has 0 aliphatic heterocycles. The van der Waals surface area contributed by atoms with Crippen molar-refractivity contribution in [2.45, 2.75) is 32.0 Å². The van der Waals surface area contributed by atoms with E-state index in [9.17, 15) is 18.0 Å². The fourth-order valence-corrected chi connectivity index (χ4v) is 2.80. The van der Waals surface area contributed by atoms with Crippen molar-refractivity contribution in [2.75, 3.05) is 6.54 Å². The van der Waals surface area contributed by atoms with Crippen LogP contribution in [0.25, 0.3) is 10.6 Å². The summed E-state index contributed by atoms with van der Waals surface area (Å²) in [4.78, 5) is 16.2. The van der Waals surface area contributed by atoms with Gasteiger partial charge >= 0.3 is 6.18 Å². The van der Waals surface area contributed by atoms with Crippen molar-refractivity contribution in [2.24, 2.45) is 5.73 Å². The van der Waals surface area contributed by atoms with E-state index in [2.05, 4.69) is 10.3 Å². The van der Waals surface area contributed by atoms with Gasteiger partial charge in [-0.05, 0) is 26.0 Å². The van der Waals surface area contributed by atoms with Gasteiger partial charge in [0.25, 0.3) is 0 Å². The van der Waals surface area contributed by atoms with Crippen molar-refractivity contribution in [1.82, 2.24) is 10.3 Å². The molecule has 130 valence electrons. The Labute approximate surface area is 141 Å². The van der Waals surface area contributed by atoms with Crippen LogP contribution in [-0.2, 0) is 17.4 Å². The van der Waals surface area contributed by atoms with Crippen molar-refractivity contribution < 1.29 is 18.0 Å². The minimum absolute atomic E-state index is 0.0545. The Hall–Kier alpha value is -1.93. The zero-order valence-electron chi connectivity index (χ0n) is 13.3. The third kappa shape index (κ3) is 4.78. The molecule has 0 radical (unpaired) electrons. The van der Waals surface area contributed by atoms with Crippen LogP contribution in [0.2, 0.25) is 0 Å². The molecule has 8 heteroatoms. The van der Waals surface area contributed by atoms with E-state index >= 15 is 0 Å². The number of nitrogens with zero attached hydrogens (tertiary/aromatic N) is 1. The summed E-state index contributed by atoms with van der Waals surface area (Å²) in [6.45, 7) is 3.91. The fourth-order valence-electron chi connectivity index (χ4n) is 1.99. The summed E-state index contributed by atoms with van der Waals surface area (Å²) in [6.07, 6.45) is -4.34. The number of carbonyl (C=O) groups excluding carboxylic acids is 1. The Morgan fingerprint density at radius 3 is 2.67 bits per heavy atom. The maximum atomic E-state index is 12.8. The topological polar surface area (TPSA) is 68.0 Å². The first-order valence-corrected chi connectivity index (χ1v) is 8.12. The van der Waals surface area contributed by atoms with Crippen LogP contribution in [0.4, 0.5) is 13.2 Å². The third-order valence-electron chi connectivity index (χ3n) is 3.32. The predicted molar refractivity (Wildman–Crippen MR) is 87.5 cm³/mol. The number of nitrogens with one attached hydrogen (secondary N) is 1. The first kappa shape index (κ1) is 18.4. The van der Waals surface area contributed by atoms with E-state index in [0.717, 1.165) is 12.1 Å². The van der Waals surface area contributed by atoms with E-state index < -0.39 is 17.3 Å². The molecule has 0 fully saturated rings. The number of hydrogen-bond acceptors (Lipinski definition) is 4. The average Bonchev–Trinajstić information content (AvgIpc) is 2.94. The van der Waals surface area contributed by atoms with Gasteiger partial charge < -0.3 is 11.1 Å². The molecular formula is C16H18F3N3OS. The normalized spacial score (nSPS) is 12.2. The van der Waals surface area contributed by atoms with Crippen molar-refractivity contribution >= 4 is 17.2 Å². The molecule has 0 aliphatic carbocycles. The van der Waals surface area contributed by atoms with Gasteiger partial charge in [0.1, 0.15) is 5.01 Å². The summed E-state index contributed by atoms with van der Waals surface area (Å²) in [6, 6.07) is 4.98. The summed E-state index contributed by atoms with van der Waals surface area (Å²) < 4.78 is 38.3. The highest BCUT2D eigenvalue weighted by atomic mass is 32.1. The molecule has 0 bridgehead atoms. The van der Waals surface area contributed by atoms with Crippen LogP contribution in [0.5, 0.6) is 0 Å². The average molecular weight is 357 g/mol. The largest absolute Gasteiger partial charge is 0.416 e. The molecule has 0 unspecified atom stereocenters. The van der Waals surface area contributed by atoms with Gasteiger partial charge in [0.05, 0.1) is 17.7 Å². The van der Waals surface area contributed by atoms with Gasteiger partial charge in [-0.15, -0.1) is 11.3 Å². The number of alkyl halides is 3. The smallest absolute Gasteiger partial charge is 0.350 e. The van der Waals surface area contributed by atoms with Crippen LogP contribution >= 0.6 is 11.3 Å². The highest BCUT2D eigenvalue weighted by Gasteiger charge is 2.30. The molecule has 0 saturated carbocycles. The van der Waals surface area contributed by atoms with Crippen molar-refractivity contribution in [3.63, 3.8) is 0 Å². The van der Waals surface area contributed by atoms with E-state index in [1.165, 1.54) is 17.4 Å². The predicted octanol–water partition coefficient (Wildman–Crippen LogP) is 3.22. The molecule has 2 rings (SSSR count). The van der Waals surface area contributed by atoms with Crippen molar-refractivity contribution in [3.05, 3.63) is 40.9 Å². The summed E-state index contributed by atoms with van der Waals surface area (Å²) >= 11 is 1.20. The van der Waals surface area contributed by atoms with Crippen LogP contribution in [0.15, 0.2) is 29.6 Å². The van der Waals surface area contributed by atoms with Crippen LogP contribution < -0.4 is 11.1 Å². The Morgan fingerprint density at radius 1 is 1.33 bits per heavy atom. The van der Waals surface area contributed by atoms with Crippen molar-refractivity contribution in [3.8, 4) is 10.6 Å². The molecule has 0 aliphatic rings. The first-order chi connectivity index (χ1) is 11.1. The molecular weight excluding hydrogens is 339 g/mol. The Bertz CT molecular complexity index is 725. The van der Waals surface area contributed by atoms with E-state index in [4.69, 9.17) is 5.73 Å². The number of thiazole rings is 1. The van der Waals surface area contributed by atoms with Gasteiger partial charge in [-0.3, -0.25) is 4.79 Å². The molecule has 1 amide bonds. The number of benzene rings is 1. The lowest BCUT2D eigenvalue weighted by molar-refractivity contribution is -0.137. The second-order valence-corrected chi connectivity index (χ2v) is 6.89. The van der Waals surface area contributed by atoms with Gasteiger partial charge in [0, 0.05) is 23.0 Å². The lowest BCUT2D eigenvalue weighted by Gasteiger charge is -2.23. The number of aromatic nitrogens is 1. The number of amides is 1. The number of halogens is 3. The lowest BCUT2D eigenvalue weighted by Crippen LogP contribution is -2.49. The van der Waals surface area contributed by atoms with Gasteiger partial charge in [0.2, 0.25) is 5.91 Å². The van der Waals surface area contributed by atoms with Gasteiger partial charge in [0.15, 0.2) is 0 Å². The molecule has 0 atom stereocenters. The monoisotopic (exact) mass is 357 g/mol. The van der Waals surface area contributed by atoms with E-state index in [0.29, 0.717) is 22.8 Å². The summed E-state index contributed by atoms with van der Waals surface area (Å²) in [5.41, 5.74) is 5.21.